The Kier molecular flexibility index (Phi) is 5.60. The zero-order valence-corrected chi connectivity index (χ0v) is 18.9. The number of rotatable bonds is 5. The number of nitrogens with zero attached hydrogens (tertiary/aromatic N) is 1. The van der Waals surface area contributed by atoms with E-state index in [2.05, 4.69) is 4.72 Å². The number of amides is 2. The van der Waals surface area contributed by atoms with Crippen LogP contribution in [0.25, 0.3) is 0 Å². The number of hydrogen-bond acceptors (Lipinski definition) is 4. The Morgan fingerprint density at radius 2 is 1.68 bits per heavy atom. The topological polar surface area (TPSA) is 83.6 Å². The molecule has 2 aromatic rings. The number of likely N-dealkylation sites (tertiary alicyclic amines) is 1. The minimum absolute atomic E-state index is 0.0919. The molecule has 1 heterocycles. The molecule has 1 aliphatic carbocycles. The highest BCUT2D eigenvalue weighted by molar-refractivity contribution is 7.90. The highest BCUT2D eigenvalue weighted by Crippen LogP contribution is 2.46. The van der Waals surface area contributed by atoms with Crippen molar-refractivity contribution in [3.8, 4) is 0 Å². The summed E-state index contributed by atoms with van der Waals surface area (Å²) in [5, 5.41) is 0.257. The molecule has 2 aliphatic rings. The number of carbonyl (C=O) groups is 2. The van der Waals surface area contributed by atoms with Gasteiger partial charge in [0.1, 0.15) is 5.54 Å². The summed E-state index contributed by atoms with van der Waals surface area (Å²) in [5.74, 6) is -0.798. The van der Waals surface area contributed by atoms with E-state index in [0.717, 1.165) is 31.2 Å². The van der Waals surface area contributed by atoms with Crippen LogP contribution in [0.15, 0.2) is 59.5 Å². The van der Waals surface area contributed by atoms with Gasteiger partial charge in [0.2, 0.25) is 5.91 Å². The molecule has 1 unspecified atom stereocenters. The van der Waals surface area contributed by atoms with E-state index in [1.165, 1.54) is 18.2 Å². The van der Waals surface area contributed by atoms with Crippen molar-refractivity contribution in [3.63, 3.8) is 0 Å². The van der Waals surface area contributed by atoms with Gasteiger partial charge in [0.25, 0.3) is 15.9 Å². The lowest BCUT2D eigenvalue weighted by atomic mass is 9.74. The van der Waals surface area contributed by atoms with Crippen molar-refractivity contribution in [2.24, 2.45) is 0 Å². The van der Waals surface area contributed by atoms with Gasteiger partial charge in [-0.25, -0.2) is 13.1 Å². The molecule has 2 amide bonds. The summed E-state index contributed by atoms with van der Waals surface area (Å²) in [4.78, 5) is 28.3. The Morgan fingerprint density at radius 3 is 2.26 bits per heavy atom. The van der Waals surface area contributed by atoms with Crippen molar-refractivity contribution in [2.75, 3.05) is 6.54 Å². The lowest BCUT2D eigenvalue weighted by molar-refractivity contribution is -0.161. The van der Waals surface area contributed by atoms with Gasteiger partial charge >= 0.3 is 0 Å². The highest BCUT2D eigenvalue weighted by Gasteiger charge is 2.56. The monoisotopic (exact) mass is 460 g/mol. The third-order valence-electron chi connectivity index (χ3n) is 6.68. The molecule has 6 nitrogen and oxygen atoms in total. The Hall–Kier alpha value is -2.38. The molecule has 1 aliphatic heterocycles. The molecule has 31 heavy (non-hydrogen) atoms. The average molecular weight is 461 g/mol. The Balaban J connectivity index is 1.58. The van der Waals surface area contributed by atoms with Crippen LogP contribution in [-0.4, -0.2) is 37.2 Å². The molecule has 1 saturated carbocycles. The van der Waals surface area contributed by atoms with Gasteiger partial charge in [0.05, 0.1) is 10.3 Å². The van der Waals surface area contributed by atoms with Crippen LogP contribution in [0.1, 0.15) is 44.6 Å². The number of hydrogen-bond donors (Lipinski definition) is 1. The van der Waals surface area contributed by atoms with Crippen molar-refractivity contribution in [2.45, 2.75) is 54.9 Å². The summed E-state index contributed by atoms with van der Waals surface area (Å²) in [6, 6.07) is 15.4. The lowest BCUT2D eigenvalue weighted by Gasteiger charge is -2.52. The van der Waals surface area contributed by atoms with Gasteiger partial charge in [-0.05, 0) is 49.9 Å². The van der Waals surface area contributed by atoms with E-state index in [9.17, 15) is 18.0 Å². The summed E-state index contributed by atoms with van der Waals surface area (Å²) in [6.07, 6.45) is 3.75. The Labute approximate surface area is 187 Å². The summed E-state index contributed by atoms with van der Waals surface area (Å²) in [6.45, 7) is 2.05. The molecule has 164 valence electrons. The molecule has 1 atom stereocenters. The second kappa shape index (κ2) is 7.95. The highest BCUT2D eigenvalue weighted by atomic mass is 35.5. The summed E-state index contributed by atoms with van der Waals surface area (Å²) in [7, 11) is -4.10. The fraction of sp³-hybridized carbons (Fsp3) is 0.391. The van der Waals surface area contributed by atoms with Crippen LogP contribution in [0.2, 0.25) is 5.02 Å². The van der Waals surface area contributed by atoms with E-state index in [1.807, 2.05) is 30.3 Å². The molecule has 2 aromatic carbocycles. The van der Waals surface area contributed by atoms with E-state index in [1.54, 1.807) is 17.9 Å². The van der Waals surface area contributed by atoms with E-state index in [-0.39, 0.29) is 15.8 Å². The van der Waals surface area contributed by atoms with Gasteiger partial charge in [-0.2, -0.15) is 0 Å². The predicted molar refractivity (Wildman–Crippen MR) is 118 cm³/mol. The van der Waals surface area contributed by atoms with Crippen LogP contribution < -0.4 is 4.72 Å². The van der Waals surface area contributed by atoms with Crippen molar-refractivity contribution in [3.05, 3.63) is 65.2 Å². The Bertz CT molecular complexity index is 1110. The molecule has 1 N–H and O–H groups in total. The summed E-state index contributed by atoms with van der Waals surface area (Å²) < 4.78 is 27.6. The van der Waals surface area contributed by atoms with Gasteiger partial charge in [-0.3, -0.25) is 9.59 Å². The molecule has 0 bridgehead atoms. The average Bonchev–Trinajstić information content (AvgIpc) is 3.24. The van der Waals surface area contributed by atoms with Crippen LogP contribution in [0.4, 0.5) is 0 Å². The molecule has 2 fully saturated rings. The maximum atomic E-state index is 13.7. The van der Waals surface area contributed by atoms with Crippen LogP contribution in [0, 0.1) is 0 Å². The first kappa shape index (κ1) is 21.8. The molecule has 1 saturated heterocycles. The minimum Gasteiger partial charge on any atom is -0.327 e. The molecule has 8 heteroatoms. The quantitative estimate of drug-likeness (QED) is 0.738. The van der Waals surface area contributed by atoms with Gasteiger partial charge in [-0.15, -0.1) is 0 Å². The third kappa shape index (κ3) is 3.74. The molecular weight excluding hydrogens is 436 g/mol. The largest absolute Gasteiger partial charge is 0.327 e. The number of sulfonamides is 1. The molecule has 0 aromatic heterocycles. The first-order valence-electron chi connectivity index (χ1n) is 10.4. The van der Waals surface area contributed by atoms with E-state index < -0.39 is 26.9 Å². The van der Waals surface area contributed by atoms with Crippen LogP contribution in [0.3, 0.4) is 0 Å². The fourth-order valence-electron chi connectivity index (χ4n) is 4.67. The SMILES string of the molecule is CC1(C(=O)NS(=O)(=O)c2cccc(Cl)c2)CCN1C(=O)C1(c2ccccc2)CCCC1. The van der Waals surface area contributed by atoms with Crippen molar-refractivity contribution in [1.29, 1.82) is 0 Å². The lowest BCUT2D eigenvalue weighted by Crippen LogP contribution is -2.70. The van der Waals surface area contributed by atoms with Crippen LogP contribution >= 0.6 is 11.6 Å². The van der Waals surface area contributed by atoms with Crippen molar-refractivity contribution >= 4 is 33.4 Å². The summed E-state index contributed by atoms with van der Waals surface area (Å²) in [5.41, 5.74) is -0.916. The normalized spacial score (nSPS) is 22.6. The molecular formula is C23H25ClN2O4S. The Morgan fingerprint density at radius 1 is 1.00 bits per heavy atom. The maximum absolute atomic E-state index is 13.7. The first-order chi connectivity index (χ1) is 14.7. The molecule has 0 radical (unpaired) electrons. The van der Waals surface area contributed by atoms with E-state index in [4.69, 9.17) is 11.6 Å². The fourth-order valence-corrected chi connectivity index (χ4v) is 6.04. The van der Waals surface area contributed by atoms with Crippen molar-refractivity contribution in [1.82, 2.24) is 9.62 Å². The van der Waals surface area contributed by atoms with Gasteiger partial charge < -0.3 is 4.90 Å². The molecule has 0 spiro atoms. The third-order valence-corrected chi connectivity index (χ3v) is 8.24. The first-order valence-corrected chi connectivity index (χ1v) is 12.3. The zero-order valence-electron chi connectivity index (χ0n) is 17.3. The second-order valence-corrected chi connectivity index (χ2v) is 10.6. The number of carbonyl (C=O) groups excluding carboxylic acids is 2. The zero-order chi connectivity index (χ0) is 22.3. The maximum Gasteiger partial charge on any atom is 0.264 e. The van der Waals surface area contributed by atoms with Crippen LogP contribution in [0.5, 0.6) is 0 Å². The van der Waals surface area contributed by atoms with Crippen LogP contribution in [-0.2, 0) is 25.0 Å². The standard InChI is InChI=1S/C23H25ClN2O4S/c1-22(20(27)25-31(29,30)19-11-7-10-18(24)16-19)14-15-26(22)21(28)23(12-5-6-13-23)17-8-3-2-4-9-17/h2-4,7-11,16H,5-6,12-15H2,1H3,(H,25,27). The number of benzene rings is 2. The van der Waals surface area contributed by atoms with Gasteiger partial charge in [0, 0.05) is 11.6 Å². The number of nitrogens with one attached hydrogen (secondary N) is 1. The van der Waals surface area contributed by atoms with Crippen molar-refractivity contribution < 1.29 is 18.0 Å². The van der Waals surface area contributed by atoms with Gasteiger partial charge in [0.15, 0.2) is 0 Å². The summed E-state index contributed by atoms with van der Waals surface area (Å²) >= 11 is 5.90. The minimum atomic E-state index is -4.10. The van der Waals surface area contributed by atoms with Gasteiger partial charge in [-0.1, -0.05) is 60.8 Å². The second-order valence-electron chi connectivity index (χ2n) is 8.53. The predicted octanol–water partition coefficient (Wildman–Crippen LogP) is 3.65. The smallest absolute Gasteiger partial charge is 0.264 e. The van der Waals surface area contributed by atoms with E-state index >= 15 is 0 Å². The number of halogens is 1. The van der Waals surface area contributed by atoms with E-state index in [0.29, 0.717) is 13.0 Å². The molecule has 4 rings (SSSR count).